The lowest BCUT2D eigenvalue weighted by molar-refractivity contribution is 0.966. The minimum atomic E-state index is 0.647. The third-order valence-electron chi connectivity index (χ3n) is 3.09. The molecule has 1 fully saturated rings. The summed E-state index contributed by atoms with van der Waals surface area (Å²) < 4.78 is 0. The number of hydrogen-bond acceptors (Lipinski definition) is 1. The van der Waals surface area contributed by atoms with Crippen molar-refractivity contribution in [3.8, 4) is 0 Å². The molecule has 0 N–H and O–H groups in total. The SMILES string of the molecule is c1ccc([C@H]2C[C@@H]2c2ccccn2)cc1. The summed E-state index contributed by atoms with van der Waals surface area (Å²) >= 11 is 0. The number of benzene rings is 1. The lowest BCUT2D eigenvalue weighted by Crippen LogP contribution is -1.86. The van der Waals surface area contributed by atoms with Crippen LogP contribution in [0, 0.1) is 0 Å². The fourth-order valence-electron chi connectivity index (χ4n) is 2.19. The number of pyridine rings is 1. The third kappa shape index (κ3) is 1.65. The van der Waals surface area contributed by atoms with Gasteiger partial charge in [-0.3, -0.25) is 4.98 Å². The van der Waals surface area contributed by atoms with Crippen LogP contribution in [0.15, 0.2) is 54.7 Å². The Hall–Kier alpha value is -1.63. The molecule has 74 valence electrons. The van der Waals surface area contributed by atoms with Crippen LogP contribution in [0.2, 0.25) is 0 Å². The summed E-state index contributed by atoms with van der Waals surface area (Å²) in [5, 5.41) is 0. The molecule has 3 rings (SSSR count). The Labute approximate surface area is 89.8 Å². The van der Waals surface area contributed by atoms with Gasteiger partial charge in [0.25, 0.3) is 0 Å². The van der Waals surface area contributed by atoms with Gasteiger partial charge in [-0.15, -0.1) is 0 Å². The van der Waals surface area contributed by atoms with Gasteiger partial charge in [-0.1, -0.05) is 36.4 Å². The van der Waals surface area contributed by atoms with Crippen LogP contribution in [0.1, 0.15) is 29.5 Å². The third-order valence-corrected chi connectivity index (χ3v) is 3.09. The Morgan fingerprint density at radius 2 is 1.67 bits per heavy atom. The van der Waals surface area contributed by atoms with Crippen molar-refractivity contribution in [2.45, 2.75) is 18.3 Å². The Balaban J connectivity index is 1.81. The molecule has 0 bridgehead atoms. The topological polar surface area (TPSA) is 12.9 Å². The van der Waals surface area contributed by atoms with E-state index in [9.17, 15) is 0 Å². The molecule has 0 aliphatic heterocycles. The average Bonchev–Trinajstić information content (AvgIpc) is 3.11. The molecule has 1 saturated carbocycles. The second-order valence-electron chi connectivity index (χ2n) is 4.11. The molecule has 1 aliphatic rings. The van der Waals surface area contributed by atoms with Gasteiger partial charge in [-0.05, 0) is 30.0 Å². The first-order valence-corrected chi connectivity index (χ1v) is 5.41. The van der Waals surface area contributed by atoms with Gasteiger partial charge in [0.05, 0.1) is 0 Å². The van der Waals surface area contributed by atoms with E-state index >= 15 is 0 Å². The van der Waals surface area contributed by atoms with Crippen LogP contribution in [-0.2, 0) is 0 Å². The zero-order valence-corrected chi connectivity index (χ0v) is 8.51. The maximum atomic E-state index is 4.42. The number of rotatable bonds is 2. The largest absolute Gasteiger partial charge is 0.261 e. The summed E-state index contributed by atoms with van der Waals surface area (Å²) in [5.74, 6) is 1.34. The highest BCUT2D eigenvalue weighted by Crippen LogP contribution is 2.53. The smallest absolute Gasteiger partial charge is 0.0440 e. The maximum absolute atomic E-state index is 4.42. The van der Waals surface area contributed by atoms with E-state index in [4.69, 9.17) is 0 Å². The minimum absolute atomic E-state index is 0.647. The van der Waals surface area contributed by atoms with Crippen LogP contribution < -0.4 is 0 Å². The first kappa shape index (κ1) is 8.66. The molecule has 0 saturated heterocycles. The molecule has 1 heteroatoms. The van der Waals surface area contributed by atoms with Gasteiger partial charge in [0.2, 0.25) is 0 Å². The molecule has 2 aromatic rings. The molecule has 1 heterocycles. The normalized spacial score (nSPS) is 23.7. The quantitative estimate of drug-likeness (QED) is 0.716. The first-order valence-electron chi connectivity index (χ1n) is 5.41. The first-order chi connectivity index (χ1) is 7.45. The van der Waals surface area contributed by atoms with Crippen molar-refractivity contribution in [3.63, 3.8) is 0 Å². The van der Waals surface area contributed by atoms with Crippen molar-refractivity contribution < 1.29 is 0 Å². The van der Waals surface area contributed by atoms with Crippen LogP contribution in [0.5, 0.6) is 0 Å². The van der Waals surface area contributed by atoms with E-state index in [1.807, 2.05) is 12.3 Å². The fourth-order valence-corrected chi connectivity index (χ4v) is 2.19. The van der Waals surface area contributed by atoms with Gasteiger partial charge in [0.1, 0.15) is 0 Å². The molecule has 1 nitrogen and oxygen atoms in total. The van der Waals surface area contributed by atoms with Crippen molar-refractivity contribution in [3.05, 3.63) is 66.0 Å². The highest BCUT2D eigenvalue weighted by atomic mass is 14.7. The molecule has 1 aliphatic carbocycles. The Morgan fingerprint density at radius 3 is 2.40 bits per heavy atom. The summed E-state index contributed by atoms with van der Waals surface area (Å²) in [6, 6.07) is 16.9. The van der Waals surface area contributed by atoms with Crippen LogP contribution in [0.25, 0.3) is 0 Å². The monoisotopic (exact) mass is 195 g/mol. The summed E-state index contributed by atoms with van der Waals surface area (Å²) in [4.78, 5) is 4.42. The Bertz CT molecular complexity index is 392. The van der Waals surface area contributed by atoms with Crippen LogP contribution in [0.3, 0.4) is 0 Å². The summed E-state index contributed by atoms with van der Waals surface area (Å²) in [6.07, 6.45) is 3.14. The van der Waals surface area contributed by atoms with Crippen molar-refractivity contribution in [2.24, 2.45) is 0 Å². The number of hydrogen-bond donors (Lipinski definition) is 0. The van der Waals surface area contributed by atoms with E-state index in [2.05, 4.69) is 47.4 Å². The van der Waals surface area contributed by atoms with Gasteiger partial charge < -0.3 is 0 Å². The highest BCUT2D eigenvalue weighted by Gasteiger charge is 2.40. The molecule has 0 amide bonds. The molecule has 1 aromatic carbocycles. The van der Waals surface area contributed by atoms with Gasteiger partial charge in [-0.25, -0.2) is 0 Å². The second-order valence-corrected chi connectivity index (χ2v) is 4.11. The second kappa shape index (κ2) is 3.50. The van der Waals surface area contributed by atoms with Crippen molar-refractivity contribution in [2.75, 3.05) is 0 Å². The molecule has 0 spiro atoms. The molecular formula is C14H13N. The Morgan fingerprint density at radius 1 is 0.867 bits per heavy atom. The van der Waals surface area contributed by atoms with Crippen molar-refractivity contribution in [1.82, 2.24) is 4.98 Å². The van der Waals surface area contributed by atoms with E-state index in [1.54, 1.807) is 0 Å². The fraction of sp³-hybridized carbons (Fsp3) is 0.214. The molecule has 0 radical (unpaired) electrons. The lowest BCUT2D eigenvalue weighted by atomic mass is 10.1. The maximum Gasteiger partial charge on any atom is 0.0440 e. The highest BCUT2D eigenvalue weighted by molar-refractivity contribution is 5.32. The van der Waals surface area contributed by atoms with Gasteiger partial charge in [0.15, 0.2) is 0 Å². The minimum Gasteiger partial charge on any atom is -0.261 e. The summed E-state index contributed by atoms with van der Waals surface area (Å²) in [6.45, 7) is 0. The number of aromatic nitrogens is 1. The standard InChI is InChI=1S/C14H13N/c1-2-6-11(7-3-1)12-10-13(12)14-8-4-5-9-15-14/h1-9,12-13H,10H2/t12-,13+/m1/s1. The van der Waals surface area contributed by atoms with E-state index in [-0.39, 0.29) is 0 Å². The predicted molar refractivity (Wildman–Crippen MR) is 60.8 cm³/mol. The molecule has 1 aromatic heterocycles. The van der Waals surface area contributed by atoms with E-state index in [1.165, 1.54) is 17.7 Å². The predicted octanol–water partition coefficient (Wildman–Crippen LogP) is 3.35. The summed E-state index contributed by atoms with van der Waals surface area (Å²) in [7, 11) is 0. The zero-order valence-electron chi connectivity index (χ0n) is 8.51. The molecule has 2 atom stereocenters. The van der Waals surface area contributed by atoms with Crippen molar-refractivity contribution >= 4 is 0 Å². The summed E-state index contributed by atoms with van der Waals surface area (Å²) in [5.41, 5.74) is 2.69. The van der Waals surface area contributed by atoms with Crippen molar-refractivity contribution in [1.29, 1.82) is 0 Å². The molecule has 15 heavy (non-hydrogen) atoms. The van der Waals surface area contributed by atoms with Gasteiger partial charge in [-0.2, -0.15) is 0 Å². The van der Waals surface area contributed by atoms with Gasteiger partial charge >= 0.3 is 0 Å². The van der Waals surface area contributed by atoms with E-state index in [0.29, 0.717) is 11.8 Å². The number of nitrogens with zero attached hydrogens (tertiary/aromatic N) is 1. The lowest BCUT2D eigenvalue weighted by Gasteiger charge is -1.99. The Kier molecular flexibility index (Phi) is 2.02. The van der Waals surface area contributed by atoms with E-state index in [0.717, 1.165) is 0 Å². The van der Waals surface area contributed by atoms with Crippen LogP contribution >= 0.6 is 0 Å². The van der Waals surface area contributed by atoms with Crippen LogP contribution in [0.4, 0.5) is 0 Å². The van der Waals surface area contributed by atoms with E-state index < -0.39 is 0 Å². The molecule has 0 unspecified atom stereocenters. The van der Waals surface area contributed by atoms with Crippen LogP contribution in [-0.4, -0.2) is 4.98 Å². The molecular weight excluding hydrogens is 182 g/mol. The zero-order chi connectivity index (χ0) is 10.1. The van der Waals surface area contributed by atoms with Gasteiger partial charge in [0, 0.05) is 17.8 Å². The average molecular weight is 195 g/mol.